The standard InChI is InChI=1S/C23H27N3O3S/c1-15(2)21-20(23(28)26(25(21)4)17-9-7-6-8-10-17)24-22(27)16(3)30-19-13-11-18(29-5)12-14-19/h6-16H,1-5H3,(H,24,27). The average molecular weight is 426 g/mol. The molecule has 1 unspecified atom stereocenters. The Labute approximate surface area is 180 Å². The minimum absolute atomic E-state index is 0.0625. The minimum atomic E-state index is -0.372. The molecule has 1 heterocycles. The van der Waals surface area contributed by atoms with Crippen molar-refractivity contribution in [3.63, 3.8) is 0 Å². The number of aromatic nitrogens is 2. The third kappa shape index (κ3) is 4.46. The van der Waals surface area contributed by atoms with Crippen LogP contribution in [0.25, 0.3) is 5.69 Å². The number of para-hydroxylation sites is 1. The topological polar surface area (TPSA) is 65.3 Å². The SMILES string of the molecule is COc1ccc(SC(C)C(=O)Nc2c(C(C)C)n(C)n(-c3ccccc3)c2=O)cc1. The number of methoxy groups -OCH3 is 1. The number of hydrogen-bond donors (Lipinski definition) is 1. The van der Waals surface area contributed by atoms with E-state index < -0.39 is 0 Å². The van der Waals surface area contributed by atoms with E-state index in [1.165, 1.54) is 11.8 Å². The van der Waals surface area contributed by atoms with E-state index in [1.54, 1.807) is 11.8 Å². The first kappa shape index (κ1) is 21.8. The molecule has 0 bridgehead atoms. The Hall–Kier alpha value is -2.93. The summed E-state index contributed by atoms with van der Waals surface area (Å²) >= 11 is 1.43. The van der Waals surface area contributed by atoms with Gasteiger partial charge in [0.2, 0.25) is 5.91 Å². The maximum atomic E-state index is 13.2. The summed E-state index contributed by atoms with van der Waals surface area (Å²) in [6, 6.07) is 17.0. The van der Waals surface area contributed by atoms with Crippen molar-refractivity contribution in [1.29, 1.82) is 0 Å². The van der Waals surface area contributed by atoms with Gasteiger partial charge in [0.15, 0.2) is 0 Å². The fourth-order valence-electron chi connectivity index (χ4n) is 3.40. The molecular formula is C23H27N3O3S. The molecule has 1 amide bonds. The van der Waals surface area contributed by atoms with Gasteiger partial charge >= 0.3 is 0 Å². The zero-order valence-corrected chi connectivity index (χ0v) is 18.7. The van der Waals surface area contributed by atoms with Crippen LogP contribution < -0.4 is 15.6 Å². The summed E-state index contributed by atoms with van der Waals surface area (Å²) in [4.78, 5) is 27.1. The summed E-state index contributed by atoms with van der Waals surface area (Å²) in [5.74, 6) is 0.622. The van der Waals surface area contributed by atoms with Crippen LogP contribution in [-0.2, 0) is 11.8 Å². The molecule has 2 aromatic carbocycles. The van der Waals surface area contributed by atoms with E-state index in [0.717, 1.165) is 22.0 Å². The van der Waals surface area contributed by atoms with E-state index >= 15 is 0 Å². The Morgan fingerprint density at radius 3 is 2.23 bits per heavy atom. The summed E-state index contributed by atoms with van der Waals surface area (Å²) in [5, 5.41) is 2.52. The number of carbonyl (C=O) groups is 1. The number of amides is 1. The Bertz CT molecular complexity index is 1070. The third-order valence-corrected chi connectivity index (χ3v) is 5.96. The largest absolute Gasteiger partial charge is 0.497 e. The van der Waals surface area contributed by atoms with Crippen LogP contribution in [0.15, 0.2) is 64.3 Å². The molecule has 1 atom stereocenters. The van der Waals surface area contributed by atoms with Crippen LogP contribution in [0, 0.1) is 0 Å². The van der Waals surface area contributed by atoms with E-state index in [4.69, 9.17) is 4.74 Å². The molecule has 1 N–H and O–H groups in total. The third-order valence-electron chi connectivity index (χ3n) is 4.85. The van der Waals surface area contributed by atoms with Crippen LogP contribution in [0.3, 0.4) is 0 Å². The predicted molar refractivity (Wildman–Crippen MR) is 122 cm³/mol. The van der Waals surface area contributed by atoms with Gasteiger partial charge in [-0.3, -0.25) is 14.3 Å². The first-order valence-corrected chi connectivity index (χ1v) is 10.7. The second-order valence-electron chi connectivity index (χ2n) is 7.32. The van der Waals surface area contributed by atoms with Gasteiger partial charge in [-0.05, 0) is 49.2 Å². The highest BCUT2D eigenvalue weighted by molar-refractivity contribution is 8.00. The quantitative estimate of drug-likeness (QED) is 0.569. The summed E-state index contributed by atoms with van der Waals surface area (Å²) in [5.41, 5.74) is 1.65. The van der Waals surface area contributed by atoms with Gasteiger partial charge in [0.1, 0.15) is 11.4 Å². The lowest BCUT2D eigenvalue weighted by atomic mass is 10.1. The van der Waals surface area contributed by atoms with Crippen LogP contribution in [0.1, 0.15) is 32.4 Å². The van der Waals surface area contributed by atoms with Crippen LogP contribution in [0.2, 0.25) is 0 Å². The van der Waals surface area contributed by atoms with Gasteiger partial charge in [0, 0.05) is 11.9 Å². The number of rotatable bonds is 7. The second kappa shape index (κ2) is 9.26. The van der Waals surface area contributed by atoms with E-state index in [0.29, 0.717) is 5.69 Å². The Kier molecular flexibility index (Phi) is 6.72. The molecule has 0 aliphatic carbocycles. The first-order chi connectivity index (χ1) is 14.3. The molecule has 1 aromatic heterocycles. The van der Waals surface area contributed by atoms with Crippen molar-refractivity contribution in [3.05, 3.63) is 70.6 Å². The van der Waals surface area contributed by atoms with Gasteiger partial charge < -0.3 is 10.1 Å². The molecule has 7 heteroatoms. The van der Waals surface area contributed by atoms with Crippen molar-refractivity contribution in [2.75, 3.05) is 12.4 Å². The molecule has 0 aliphatic rings. The fourth-order valence-corrected chi connectivity index (χ4v) is 4.26. The molecular weight excluding hydrogens is 398 g/mol. The number of ether oxygens (including phenoxy) is 1. The predicted octanol–water partition coefficient (Wildman–Crippen LogP) is 4.43. The minimum Gasteiger partial charge on any atom is -0.497 e. The summed E-state index contributed by atoms with van der Waals surface area (Å²) < 4.78 is 8.58. The Balaban J connectivity index is 1.87. The number of nitrogens with zero attached hydrogens (tertiary/aromatic N) is 2. The fraction of sp³-hybridized carbons (Fsp3) is 0.304. The number of thioether (sulfide) groups is 1. The highest BCUT2D eigenvalue weighted by Crippen LogP contribution is 2.28. The van der Waals surface area contributed by atoms with Crippen LogP contribution in [0.4, 0.5) is 5.69 Å². The number of hydrogen-bond acceptors (Lipinski definition) is 4. The molecule has 30 heavy (non-hydrogen) atoms. The number of nitrogens with one attached hydrogen (secondary N) is 1. The monoisotopic (exact) mass is 425 g/mol. The zero-order valence-electron chi connectivity index (χ0n) is 17.9. The molecule has 3 aromatic rings. The van der Waals surface area contributed by atoms with Crippen molar-refractivity contribution >= 4 is 23.4 Å². The smallest absolute Gasteiger partial charge is 0.295 e. The number of benzene rings is 2. The highest BCUT2D eigenvalue weighted by atomic mass is 32.2. The van der Waals surface area contributed by atoms with Crippen molar-refractivity contribution in [1.82, 2.24) is 9.36 Å². The normalized spacial score (nSPS) is 12.1. The maximum Gasteiger partial charge on any atom is 0.295 e. The van der Waals surface area contributed by atoms with Crippen molar-refractivity contribution in [2.45, 2.75) is 36.8 Å². The van der Waals surface area contributed by atoms with Gasteiger partial charge in [-0.2, -0.15) is 0 Å². The number of carbonyl (C=O) groups excluding carboxylic acids is 1. The van der Waals surface area contributed by atoms with Crippen LogP contribution >= 0.6 is 11.8 Å². The molecule has 6 nitrogen and oxygen atoms in total. The van der Waals surface area contributed by atoms with Gasteiger partial charge in [-0.1, -0.05) is 32.0 Å². The summed E-state index contributed by atoms with van der Waals surface area (Å²) in [7, 11) is 3.46. The number of anilines is 1. The van der Waals surface area contributed by atoms with Crippen molar-refractivity contribution in [3.8, 4) is 11.4 Å². The van der Waals surface area contributed by atoms with Crippen molar-refractivity contribution < 1.29 is 9.53 Å². The van der Waals surface area contributed by atoms with Crippen LogP contribution in [0.5, 0.6) is 5.75 Å². The molecule has 158 valence electrons. The summed E-state index contributed by atoms with van der Waals surface area (Å²) in [6.07, 6.45) is 0. The lowest BCUT2D eigenvalue weighted by Crippen LogP contribution is -2.27. The summed E-state index contributed by atoms with van der Waals surface area (Å²) in [6.45, 7) is 5.85. The van der Waals surface area contributed by atoms with E-state index in [1.807, 2.05) is 87.1 Å². The molecule has 0 aliphatic heterocycles. The van der Waals surface area contributed by atoms with Crippen molar-refractivity contribution in [2.24, 2.45) is 7.05 Å². The van der Waals surface area contributed by atoms with E-state index in [2.05, 4.69) is 5.32 Å². The molecule has 3 rings (SSSR count). The second-order valence-corrected chi connectivity index (χ2v) is 8.73. The molecule has 0 radical (unpaired) electrons. The maximum absolute atomic E-state index is 13.2. The zero-order chi connectivity index (χ0) is 21.8. The highest BCUT2D eigenvalue weighted by Gasteiger charge is 2.25. The molecule has 0 fully saturated rings. The van der Waals surface area contributed by atoms with E-state index in [-0.39, 0.29) is 22.6 Å². The van der Waals surface area contributed by atoms with Gasteiger partial charge in [-0.15, -0.1) is 11.8 Å². The van der Waals surface area contributed by atoms with Crippen LogP contribution in [-0.4, -0.2) is 27.6 Å². The molecule has 0 saturated carbocycles. The van der Waals surface area contributed by atoms with Gasteiger partial charge in [0.05, 0.1) is 23.7 Å². The van der Waals surface area contributed by atoms with E-state index in [9.17, 15) is 9.59 Å². The average Bonchev–Trinajstić information content (AvgIpc) is 2.98. The van der Waals surface area contributed by atoms with Gasteiger partial charge in [-0.25, -0.2) is 4.68 Å². The Morgan fingerprint density at radius 2 is 1.67 bits per heavy atom. The lowest BCUT2D eigenvalue weighted by molar-refractivity contribution is -0.115. The first-order valence-electron chi connectivity index (χ1n) is 9.82. The molecule has 0 spiro atoms. The van der Waals surface area contributed by atoms with Gasteiger partial charge in [0.25, 0.3) is 5.56 Å². The molecule has 0 saturated heterocycles. The lowest BCUT2D eigenvalue weighted by Gasteiger charge is -2.14. The Morgan fingerprint density at radius 1 is 1.03 bits per heavy atom.